The molecule has 1 N–H and O–H groups in total. The molecule has 4 nitrogen and oxygen atoms in total. The molecule has 0 saturated carbocycles. The molecule has 2 atom stereocenters. The highest BCUT2D eigenvalue weighted by Crippen LogP contribution is 2.24. The van der Waals surface area contributed by atoms with Crippen LogP contribution in [0.2, 0.25) is 10.0 Å². The van der Waals surface area contributed by atoms with E-state index in [0.717, 1.165) is 18.7 Å². The summed E-state index contributed by atoms with van der Waals surface area (Å²) in [6, 6.07) is 5.74. The number of carbonyl (C=O) groups is 1. The van der Waals surface area contributed by atoms with Gasteiger partial charge in [0.15, 0.2) is 0 Å². The Bertz CT molecular complexity index is 524. The summed E-state index contributed by atoms with van der Waals surface area (Å²) in [5, 5.41) is 4.15. The van der Waals surface area contributed by atoms with E-state index in [2.05, 4.69) is 10.2 Å². The normalized spacial score (nSPS) is 27.0. The average Bonchev–Trinajstić information content (AvgIpc) is 2.63. The smallest absolute Gasteiger partial charge is 0.227 e. The molecule has 0 aliphatic carbocycles. The van der Waals surface area contributed by atoms with Gasteiger partial charge in [-0.3, -0.25) is 9.69 Å². The van der Waals surface area contributed by atoms with Crippen molar-refractivity contribution in [2.45, 2.75) is 12.6 Å². The molecule has 20 heavy (non-hydrogen) atoms. The zero-order valence-electron chi connectivity index (χ0n) is 10.9. The van der Waals surface area contributed by atoms with E-state index in [1.54, 1.807) is 0 Å². The minimum Gasteiger partial charge on any atom is -0.378 e. The van der Waals surface area contributed by atoms with Crippen LogP contribution >= 0.6 is 23.2 Å². The van der Waals surface area contributed by atoms with Gasteiger partial charge in [-0.1, -0.05) is 29.3 Å². The molecular weight excluding hydrogens is 299 g/mol. The second kappa shape index (κ2) is 5.90. The van der Waals surface area contributed by atoms with Crippen molar-refractivity contribution >= 4 is 29.1 Å². The number of ether oxygens (including phenoxy) is 1. The molecule has 2 heterocycles. The average molecular weight is 315 g/mol. The lowest BCUT2D eigenvalue weighted by Crippen LogP contribution is -2.41. The van der Waals surface area contributed by atoms with Crippen molar-refractivity contribution in [2.24, 2.45) is 5.92 Å². The van der Waals surface area contributed by atoms with Crippen molar-refractivity contribution in [1.82, 2.24) is 10.2 Å². The van der Waals surface area contributed by atoms with Crippen LogP contribution in [0.25, 0.3) is 0 Å². The molecular formula is C14H16Cl2N2O2. The predicted molar refractivity (Wildman–Crippen MR) is 78.0 cm³/mol. The molecule has 1 amide bonds. The van der Waals surface area contributed by atoms with Crippen molar-refractivity contribution in [3.05, 3.63) is 33.8 Å². The first-order chi connectivity index (χ1) is 9.61. The van der Waals surface area contributed by atoms with E-state index in [-0.39, 0.29) is 17.9 Å². The third-order valence-electron chi connectivity index (χ3n) is 3.70. The van der Waals surface area contributed by atoms with Gasteiger partial charge in [-0.25, -0.2) is 0 Å². The van der Waals surface area contributed by atoms with Crippen LogP contribution in [0.4, 0.5) is 0 Å². The number of nitrogens with one attached hydrogen (secondary N) is 1. The molecule has 0 radical (unpaired) electrons. The summed E-state index contributed by atoms with van der Waals surface area (Å²) in [4.78, 5) is 14.2. The Labute approximate surface area is 128 Å². The third kappa shape index (κ3) is 3.09. The van der Waals surface area contributed by atoms with Gasteiger partial charge in [-0.05, 0) is 17.7 Å². The van der Waals surface area contributed by atoms with Gasteiger partial charge in [0.2, 0.25) is 5.91 Å². The topological polar surface area (TPSA) is 41.6 Å². The van der Waals surface area contributed by atoms with E-state index in [1.165, 1.54) is 0 Å². The van der Waals surface area contributed by atoms with E-state index in [1.807, 2.05) is 18.2 Å². The molecule has 108 valence electrons. The second-order valence-electron chi connectivity index (χ2n) is 5.38. The molecule has 2 aliphatic heterocycles. The number of rotatable bonds is 2. The summed E-state index contributed by atoms with van der Waals surface area (Å²) in [7, 11) is 0. The van der Waals surface area contributed by atoms with Crippen molar-refractivity contribution in [1.29, 1.82) is 0 Å². The van der Waals surface area contributed by atoms with Gasteiger partial charge in [-0.15, -0.1) is 0 Å². The largest absolute Gasteiger partial charge is 0.378 e. The molecule has 0 unspecified atom stereocenters. The first-order valence-corrected chi connectivity index (χ1v) is 7.42. The zero-order chi connectivity index (χ0) is 14.1. The van der Waals surface area contributed by atoms with Crippen molar-refractivity contribution in [3.63, 3.8) is 0 Å². The first kappa shape index (κ1) is 14.1. The fraction of sp³-hybridized carbons (Fsp3) is 0.500. The van der Waals surface area contributed by atoms with Crippen molar-refractivity contribution in [2.75, 3.05) is 26.3 Å². The molecule has 2 bridgehead atoms. The van der Waals surface area contributed by atoms with Gasteiger partial charge in [0.25, 0.3) is 0 Å². The van der Waals surface area contributed by atoms with Crippen LogP contribution in [0, 0.1) is 5.92 Å². The Morgan fingerprint density at radius 1 is 1.25 bits per heavy atom. The van der Waals surface area contributed by atoms with Gasteiger partial charge >= 0.3 is 0 Å². The van der Waals surface area contributed by atoms with Gasteiger partial charge < -0.3 is 10.1 Å². The number of carbonyl (C=O) groups excluding carboxylic acids is 1. The molecule has 6 heteroatoms. The molecule has 0 spiro atoms. The van der Waals surface area contributed by atoms with Gasteiger partial charge in [-0.2, -0.15) is 0 Å². The first-order valence-electron chi connectivity index (χ1n) is 6.66. The second-order valence-corrected chi connectivity index (χ2v) is 6.20. The number of hydrogen-bond acceptors (Lipinski definition) is 3. The van der Waals surface area contributed by atoms with E-state index in [4.69, 9.17) is 27.9 Å². The molecule has 1 aromatic carbocycles. The van der Waals surface area contributed by atoms with Crippen LogP contribution in [-0.4, -0.2) is 43.2 Å². The number of fused-ring (bicyclic) bond motifs is 3. The molecule has 2 fully saturated rings. The van der Waals surface area contributed by atoms with Crippen LogP contribution in [0.15, 0.2) is 18.2 Å². The van der Waals surface area contributed by atoms with Crippen LogP contribution in [0.3, 0.4) is 0 Å². The lowest BCUT2D eigenvalue weighted by atomic mass is 10.1. The number of nitrogens with zero attached hydrogens (tertiary/aromatic N) is 1. The Morgan fingerprint density at radius 2 is 2.10 bits per heavy atom. The lowest BCUT2D eigenvalue weighted by Gasteiger charge is -2.27. The maximum atomic E-state index is 11.9. The quantitative estimate of drug-likeness (QED) is 0.907. The SMILES string of the molecule is O=C1N[C@@H]2COC[C@H]1CN(Cc1ccc(Cl)c(Cl)c1)C2. The predicted octanol–water partition coefficient (Wildman–Crippen LogP) is 1.94. The zero-order valence-corrected chi connectivity index (χ0v) is 12.5. The highest BCUT2D eigenvalue weighted by atomic mass is 35.5. The minimum absolute atomic E-state index is 0.0674. The summed E-state index contributed by atoms with van der Waals surface area (Å²) >= 11 is 12.0. The summed E-state index contributed by atoms with van der Waals surface area (Å²) in [6.07, 6.45) is 0. The molecule has 3 rings (SSSR count). The number of amides is 1. The van der Waals surface area contributed by atoms with Crippen LogP contribution < -0.4 is 5.32 Å². The molecule has 0 aromatic heterocycles. The van der Waals surface area contributed by atoms with E-state index in [9.17, 15) is 4.79 Å². The Kier molecular flexibility index (Phi) is 4.17. The highest BCUT2D eigenvalue weighted by molar-refractivity contribution is 6.42. The number of benzene rings is 1. The summed E-state index contributed by atoms with van der Waals surface area (Å²) in [5.74, 6) is 0.00871. The molecule has 1 aromatic rings. The van der Waals surface area contributed by atoms with E-state index < -0.39 is 0 Å². The minimum atomic E-state index is -0.0923. The van der Waals surface area contributed by atoms with Gasteiger partial charge in [0.05, 0.1) is 35.2 Å². The van der Waals surface area contributed by atoms with Crippen LogP contribution in [0.5, 0.6) is 0 Å². The standard InChI is InChI=1S/C14H16Cl2N2O2/c15-12-2-1-9(3-13(12)16)4-18-5-10-7-20-8-11(6-18)17-14(10)19/h1-3,10-11H,4-8H2,(H,17,19)/t10-,11+/m1/s1. The lowest BCUT2D eigenvalue weighted by molar-refractivity contribution is -0.125. The molecule has 2 aliphatic rings. The van der Waals surface area contributed by atoms with Gasteiger partial charge in [0, 0.05) is 19.6 Å². The monoisotopic (exact) mass is 314 g/mol. The fourth-order valence-corrected chi connectivity index (χ4v) is 3.07. The number of hydrogen-bond donors (Lipinski definition) is 1. The van der Waals surface area contributed by atoms with Gasteiger partial charge in [0.1, 0.15) is 0 Å². The highest BCUT2D eigenvalue weighted by Gasteiger charge is 2.33. The molecule has 2 saturated heterocycles. The fourth-order valence-electron chi connectivity index (χ4n) is 2.75. The maximum absolute atomic E-state index is 11.9. The summed E-state index contributed by atoms with van der Waals surface area (Å²) < 4.78 is 5.52. The van der Waals surface area contributed by atoms with Crippen LogP contribution in [-0.2, 0) is 16.1 Å². The van der Waals surface area contributed by atoms with Crippen molar-refractivity contribution < 1.29 is 9.53 Å². The Hall–Kier alpha value is -0.810. The maximum Gasteiger partial charge on any atom is 0.227 e. The van der Waals surface area contributed by atoms with E-state index in [0.29, 0.717) is 29.8 Å². The number of halogens is 2. The summed E-state index contributed by atoms with van der Waals surface area (Å²) in [5.41, 5.74) is 1.10. The summed E-state index contributed by atoms with van der Waals surface area (Å²) in [6.45, 7) is 3.35. The third-order valence-corrected chi connectivity index (χ3v) is 4.44. The van der Waals surface area contributed by atoms with Crippen LogP contribution in [0.1, 0.15) is 5.56 Å². The Morgan fingerprint density at radius 3 is 2.90 bits per heavy atom. The van der Waals surface area contributed by atoms with E-state index >= 15 is 0 Å². The van der Waals surface area contributed by atoms with Crippen molar-refractivity contribution in [3.8, 4) is 0 Å². The Balaban J connectivity index is 1.74.